The van der Waals surface area contributed by atoms with E-state index in [1.165, 1.54) is 0 Å². The number of hydrogen-bond acceptors (Lipinski definition) is 5. The molecule has 0 unspecified atom stereocenters. The minimum Gasteiger partial charge on any atom is -0.506 e. The van der Waals surface area contributed by atoms with Crippen LogP contribution < -0.4 is 5.32 Å². The highest BCUT2D eigenvalue weighted by molar-refractivity contribution is 6.04. The average Bonchev–Trinajstić information content (AvgIpc) is 2.41. The molecule has 0 bridgehead atoms. The molecule has 0 spiro atoms. The van der Waals surface area contributed by atoms with E-state index in [0.29, 0.717) is 0 Å². The number of nitrogens with zero attached hydrogens (tertiary/aromatic N) is 2. The molecule has 0 atom stereocenters. The number of carbonyl (C=O) groups is 1. The summed E-state index contributed by atoms with van der Waals surface area (Å²) in [6.45, 7) is 0. The van der Waals surface area contributed by atoms with Crippen molar-refractivity contribution in [3.63, 3.8) is 0 Å². The fourth-order valence-electron chi connectivity index (χ4n) is 1.47. The number of aromatic nitrogens is 1. The number of phenols is 1. The fourth-order valence-corrected chi connectivity index (χ4v) is 1.47. The van der Waals surface area contributed by atoms with E-state index in [4.69, 9.17) is 0 Å². The molecule has 20 heavy (non-hydrogen) atoms. The minimum absolute atomic E-state index is 0.0732. The molecule has 0 saturated carbocycles. The van der Waals surface area contributed by atoms with E-state index in [2.05, 4.69) is 10.3 Å². The molecule has 0 fully saturated rings. The molecule has 0 aliphatic heterocycles. The summed E-state index contributed by atoms with van der Waals surface area (Å²) in [5.74, 6) is -1.78. The molecule has 0 saturated heterocycles. The van der Waals surface area contributed by atoms with Gasteiger partial charge >= 0.3 is 0 Å². The van der Waals surface area contributed by atoms with Crippen LogP contribution in [0.1, 0.15) is 10.4 Å². The number of hydrogen-bond donors (Lipinski definition) is 2. The minimum atomic E-state index is -0.743. The van der Waals surface area contributed by atoms with Crippen LogP contribution in [-0.4, -0.2) is 20.9 Å². The lowest BCUT2D eigenvalue weighted by atomic mass is 10.2. The predicted octanol–water partition coefficient (Wildman–Crippen LogP) is 2.09. The van der Waals surface area contributed by atoms with Crippen LogP contribution in [0.5, 0.6) is 5.75 Å². The van der Waals surface area contributed by atoms with Gasteiger partial charge in [-0.1, -0.05) is 0 Å². The Hall–Kier alpha value is -3.03. The third-order valence-corrected chi connectivity index (χ3v) is 2.41. The van der Waals surface area contributed by atoms with Gasteiger partial charge in [-0.2, -0.15) is 0 Å². The third kappa shape index (κ3) is 2.86. The maximum Gasteiger partial charge on any atom is 0.271 e. The van der Waals surface area contributed by atoms with Crippen LogP contribution >= 0.6 is 0 Å². The lowest BCUT2D eigenvalue weighted by molar-refractivity contribution is -0.384. The molecule has 1 heterocycles. The van der Waals surface area contributed by atoms with E-state index in [9.17, 15) is 24.4 Å². The van der Waals surface area contributed by atoms with Crippen LogP contribution in [0.2, 0.25) is 0 Å². The number of rotatable bonds is 3. The summed E-state index contributed by atoms with van der Waals surface area (Å²) in [6, 6.07) is 4.13. The van der Waals surface area contributed by atoms with E-state index in [1.54, 1.807) is 0 Å². The summed E-state index contributed by atoms with van der Waals surface area (Å²) in [4.78, 5) is 25.3. The SMILES string of the molecule is O=C(Nc1cc([N+](=O)[O-])ccc1O)c1cncc(F)c1. The number of pyridine rings is 1. The van der Waals surface area contributed by atoms with Crippen molar-refractivity contribution in [1.82, 2.24) is 4.98 Å². The summed E-state index contributed by atoms with van der Waals surface area (Å²) in [7, 11) is 0. The lowest BCUT2D eigenvalue weighted by Gasteiger charge is -2.07. The Bertz CT molecular complexity index is 690. The molecule has 0 radical (unpaired) electrons. The summed E-state index contributed by atoms with van der Waals surface area (Å²) in [5.41, 5.74) is -0.514. The van der Waals surface area contributed by atoms with Gasteiger partial charge in [0.25, 0.3) is 11.6 Å². The predicted molar refractivity (Wildman–Crippen MR) is 66.9 cm³/mol. The molecule has 0 aliphatic rings. The van der Waals surface area contributed by atoms with Gasteiger partial charge in [-0.3, -0.25) is 19.9 Å². The Kier molecular flexibility index (Phi) is 3.56. The molecule has 2 aromatic rings. The van der Waals surface area contributed by atoms with E-state index in [0.717, 1.165) is 36.7 Å². The summed E-state index contributed by atoms with van der Waals surface area (Å²) in [5, 5.41) is 22.4. The number of benzene rings is 1. The van der Waals surface area contributed by atoms with Crippen molar-refractivity contribution in [2.24, 2.45) is 0 Å². The van der Waals surface area contributed by atoms with Crippen molar-refractivity contribution in [2.75, 3.05) is 5.32 Å². The zero-order valence-corrected chi connectivity index (χ0v) is 9.91. The Morgan fingerprint density at radius 2 is 2.10 bits per heavy atom. The topological polar surface area (TPSA) is 105 Å². The van der Waals surface area contributed by atoms with Gasteiger partial charge in [0.1, 0.15) is 11.6 Å². The first kappa shape index (κ1) is 13.4. The Labute approximate surface area is 111 Å². The van der Waals surface area contributed by atoms with E-state index in [1.807, 2.05) is 0 Å². The number of carbonyl (C=O) groups excluding carboxylic acids is 1. The molecule has 1 aromatic carbocycles. The molecule has 2 rings (SSSR count). The highest BCUT2D eigenvalue weighted by atomic mass is 19.1. The number of nitro groups is 1. The van der Waals surface area contributed by atoms with E-state index >= 15 is 0 Å². The third-order valence-electron chi connectivity index (χ3n) is 2.41. The number of nitro benzene ring substituents is 1. The first-order chi connectivity index (χ1) is 9.47. The Morgan fingerprint density at radius 1 is 1.35 bits per heavy atom. The van der Waals surface area contributed by atoms with Gasteiger partial charge in [0.15, 0.2) is 0 Å². The molecule has 1 amide bonds. The number of nitrogens with one attached hydrogen (secondary N) is 1. The van der Waals surface area contributed by atoms with Gasteiger partial charge in [0.2, 0.25) is 0 Å². The van der Waals surface area contributed by atoms with Gasteiger partial charge in [0.05, 0.1) is 22.4 Å². The summed E-state index contributed by atoms with van der Waals surface area (Å²) < 4.78 is 12.9. The van der Waals surface area contributed by atoms with Gasteiger partial charge in [-0.05, 0) is 12.1 Å². The zero-order chi connectivity index (χ0) is 14.7. The molecule has 2 N–H and O–H groups in total. The molecular weight excluding hydrogens is 269 g/mol. The van der Waals surface area contributed by atoms with Crippen LogP contribution in [0, 0.1) is 15.9 Å². The molecule has 102 valence electrons. The molecule has 8 heteroatoms. The first-order valence-electron chi connectivity index (χ1n) is 5.36. The van der Waals surface area contributed by atoms with E-state index in [-0.39, 0.29) is 22.7 Å². The highest BCUT2D eigenvalue weighted by Gasteiger charge is 2.14. The van der Waals surface area contributed by atoms with Gasteiger partial charge in [0, 0.05) is 18.3 Å². The van der Waals surface area contributed by atoms with Crippen LogP contribution in [0.15, 0.2) is 36.7 Å². The van der Waals surface area contributed by atoms with E-state index < -0.39 is 16.6 Å². The zero-order valence-electron chi connectivity index (χ0n) is 9.91. The summed E-state index contributed by atoms with van der Waals surface area (Å²) in [6.07, 6.45) is 2.06. The number of phenolic OH excluding ortho intramolecular Hbond substituents is 1. The quantitative estimate of drug-likeness (QED) is 0.507. The highest BCUT2D eigenvalue weighted by Crippen LogP contribution is 2.28. The fraction of sp³-hybridized carbons (Fsp3) is 0. The lowest BCUT2D eigenvalue weighted by Crippen LogP contribution is -2.12. The first-order valence-corrected chi connectivity index (χ1v) is 5.36. The number of amides is 1. The van der Waals surface area contributed by atoms with Gasteiger partial charge < -0.3 is 10.4 Å². The van der Waals surface area contributed by atoms with Crippen LogP contribution in [-0.2, 0) is 0 Å². The molecular formula is C12H8FN3O4. The largest absolute Gasteiger partial charge is 0.506 e. The van der Waals surface area contributed by atoms with Crippen LogP contribution in [0.25, 0.3) is 0 Å². The number of non-ortho nitro benzene ring substituents is 1. The Morgan fingerprint density at radius 3 is 2.75 bits per heavy atom. The van der Waals surface area contributed by atoms with Crippen LogP contribution in [0.4, 0.5) is 15.8 Å². The molecule has 1 aromatic heterocycles. The smallest absolute Gasteiger partial charge is 0.271 e. The standard InChI is InChI=1S/C12H8FN3O4/c13-8-3-7(5-14-6-8)12(18)15-10-4-9(16(19)20)1-2-11(10)17/h1-6,17H,(H,15,18). The van der Waals surface area contributed by atoms with Crippen molar-refractivity contribution in [1.29, 1.82) is 0 Å². The Balaban J connectivity index is 2.27. The van der Waals surface area contributed by atoms with Gasteiger partial charge in [-0.25, -0.2) is 4.39 Å². The molecule has 0 aliphatic carbocycles. The number of halogens is 1. The van der Waals surface area contributed by atoms with Crippen LogP contribution in [0.3, 0.4) is 0 Å². The monoisotopic (exact) mass is 277 g/mol. The van der Waals surface area contributed by atoms with Crippen molar-refractivity contribution >= 4 is 17.3 Å². The van der Waals surface area contributed by atoms with Crippen molar-refractivity contribution in [2.45, 2.75) is 0 Å². The number of anilines is 1. The number of aromatic hydroxyl groups is 1. The second kappa shape index (κ2) is 5.31. The van der Waals surface area contributed by atoms with Gasteiger partial charge in [-0.15, -0.1) is 0 Å². The van der Waals surface area contributed by atoms with Crippen molar-refractivity contribution in [3.8, 4) is 5.75 Å². The summed E-state index contributed by atoms with van der Waals surface area (Å²) >= 11 is 0. The molecule has 7 nitrogen and oxygen atoms in total. The second-order valence-electron chi connectivity index (χ2n) is 3.80. The normalized spacial score (nSPS) is 10.1. The van der Waals surface area contributed by atoms with Crippen molar-refractivity contribution < 1.29 is 19.2 Å². The van der Waals surface area contributed by atoms with Crippen molar-refractivity contribution in [3.05, 3.63) is 58.2 Å². The average molecular weight is 277 g/mol. The maximum absolute atomic E-state index is 12.9. The maximum atomic E-state index is 12.9. The second-order valence-corrected chi connectivity index (χ2v) is 3.80.